The first kappa shape index (κ1) is 13.8. The highest BCUT2D eigenvalue weighted by atomic mass is 16.5. The van der Waals surface area contributed by atoms with Crippen LogP contribution in [0.5, 0.6) is 5.75 Å². The molecule has 0 heterocycles. The van der Waals surface area contributed by atoms with E-state index in [0.717, 1.165) is 12.0 Å². The number of amides is 1. The summed E-state index contributed by atoms with van der Waals surface area (Å²) in [7, 11) is 0. The van der Waals surface area contributed by atoms with E-state index in [1.807, 2.05) is 25.1 Å². The van der Waals surface area contributed by atoms with E-state index in [-0.39, 0.29) is 12.5 Å². The fourth-order valence-electron chi connectivity index (χ4n) is 1.40. The lowest BCUT2D eigenvalue weighted by molar-refractivity contribution is -0.123. The van der Waals surface area contributed by atoms with Crippen LogP contribution in [0.15, 0.2) is 18.2 Å². The second-order valence-corrected chi connectivity index (χ2v) is 3.77. The first-order valence-electron chi connectivity index (χ1n) is 5.82. The summed E-state index contributed by atoms with van der Waals surface area (Å²) < 4.78 is 5.31. The normalized spacial score (nSPS) is 9.56. The van der Waals surface area contributed by atoms with Crippen LogP contribution in [0.4, 0.5) is 5.69 Å². The minimum absolute atomic E-state index is 0.0961. The molecule has 0 saturated heterocycles. The van der Waals surface area contributed by atoms with E-state index in [1.165, 1.54) is 0 Å². The quantitative estimate of drug-likeness (QED) is 0.584. The molecule has 0 unspecified atom stereocenters. The molecule has 0 bridgehead atoms. The molecule has 1 aromatic rings. The van der Waals surface area contributed by atoms with Crippen molar-refractivity contribution in [3.8, 4) is 11.8 Å². The Morgan fingerprint density at radius 3 is 2.94 bits per heavy atom. The van der Waals surface area contributed by atoms with Gasteiger partial charge < -0.3 is 15.8 Å². The number of nitrogen functional groups attached to an aromatic ring is 1. The summed E-state index contributed by atoms with van der Waals surface area (Å²) in [5, 5.41) is 10.9. The Labute approximate surface area is 107 Å². The molecule has 1 rings (SSSR count). The Morgan fingerprint density at radius 1 is 1.56 bits per heavy atom. The number of carbonyl (C=O) groups excluding carboxylic acids is 1. The van der Waals surface area contributed by atoms with Gasteiger partial charge >= 0.3 is 0 Å². The molecule has 0 aliphatic heterocycles. The molecule has 18 heavy (non-hydrogen) atoms. The summed E-state index contributed by atoms with van der Waals surface area (Å²) in [5.41, 5.74) is 7.46. The molecule has 0 aliphatic rings. The van der Waals surface area contributed by atoms with Crippen LogP contribution in [0.1, 0.15) is 18.9 Å². The van der Waals surface area contributed by atoms with Gasteiger partial charge in [-0.1, -0.05) is 13.0 Å². The monoisotopic (exact) mass is 247 g/mol. The lowest BCUT2D eigenvalue weighted by atomic mass is 10.1. The van der Waals surface area contributed by atoms with Crippen molar-refractivity contribution >= 4 is 11.6 Å². The fourth-order valence-corrected chi connectivity index (χ4v) is 1.40. The highest BCUT2D eigenvalue weighted by Gasteiger charge is 2.05. The number of hydrogen-bond acceptors (Lipinski definition) is 4. The summed E-state index contributed by atoms with van der Waals surface area (Å²) in [5.74, 6) is 0.242. The number of nitriles is 1. The van der Waals surface area contributed by atoms with E-state index >= 15 is 0 Å². The molecule has 3 N–H and O–H groups in total. The van der Waals surface area contributed by atoms with Crippen LogP contribution in [0.2, 0.25) is 0 Å². The van der Waals surface area contributed by atoms with Gasteiger partial charge in [-0.2, -0.15) is 5.26 Å². The van der Waals surface area contributed by atoms with Crippen molar-refractivity contribution in [2.24, 2.45) is 0 Å². The fraction of sp³-hybridized carbons (Fsp3) is 0.385. The summed E-state index contributed by atoms with van der Waals surface area (Å²) in [4.78, 5) is 11.3. The maximum atomic E-state index is 11.3. The largest absolute Gasteiger partial charge is 0.482 e. The average molecular weight is 247 g/mol. The van der Waals surface area contributed by atoms with Crippen LogP contribution in [-0.4, -0.2) is 19.1 Å². The number of carbonyl (C=O) groups is 1. The number of hydrogen-bond donors (Lipinski definition) is 2. The van der Waals surface area contributed by atoms with Crippen molar-refractivity contribution in [3.63, 3.8) is 0 Å². The van der Waals surface area contributed by atoms with E-state index < -0.39 is 0 Å². The van der Waals surface area contributed by atoms with Gasteiger partial charge in [-0.15, -0.1) is 0 Å². The smallest absolute Gasteiger partial charge is 0.257 e. The van der Waals surface area contributed by atoms with Crippen molar-refractivity contribution in [2.75, 3.05) is 18.9 Å². The SMILES string of the molecule is CCc1ccc(OCC(=O)NCCC#N)c(N)c1. The first-order chi connectivity index (χ1) is 8.67. The predicted octanol–water partition coefficient (Wildman–Crippen LogP) is 1.24. The molecule has 0 radical (unpaired) electrons. The van der Waals surface area contributed by atoms with Gasteiger partial charge in [-0.05, 0) is 24.1 Å². The molecule has 0 spiro atoms. The lowest BCUT2D eigenvalue weighted by Gasteiger charge is -2.09. The molecule has 1 aromatic carbocycles. The van der Waals surface area contributed by atoms with Crippen LogP contribution in [0.25, 0.3) is 0 Å². The Kier molecular flexibility index (Phi) is 5.52. The van der Waals surface area contributed by atoms with Crippen LogP contribution in [0.3, 0.4) is 0 Å². The molecule has 0 aromatic heterocycles. The molecule has 0 fully saturated rings. The standard InChI is InChI=1S/C13H17N3O2/c1-2-10-4-5-12(11(15)8-10)18-9-13(17)16-7-3-6-14/h4-5,8H,2-3,7,9,15H2,1H3,(H,16,17). The van der Waals surface area contributed by atoms with Gasteiger partial charge in [0, 0.05) is 6.54 Å². The maximum Gasteiger partial charge on any atom is 0.257 e. The Hall–Kier alpha value is -2.22. The highest BCUT2D eigenvalue weighted by Crippen LogP contribution is 2.22. The molecule has 0 atom stereocenters. The number of rotatable bonds is 6. The first-order valence-corrected chi connectivity index (χ1v) is 5.82. The molecular formula is C13H17N3O2. The van der Waals surface area contributed by atoms with Crippen LogP contribution in [0, 0.1) is 11.3 Å². The molecular weight excluding hydrogens is 230 g/mol. The predicted molar refractivity (Wildman–Crippen MR) is 69.0 cm³/mol. The number of aryl methyl sites for hydroxylation is 1. The van der Waals surface area contributed by atoms with Gasteiger partial charge in [0.1, 0.15) is 5.75 Å². The van der Waals surface area contributed by atoms with E-state index in [2.05, 4.69) is 5.32 Å². The van der Waals surface area contributed by atoms with Gasteiger partial charge in [-0.3, -0.25) is 4.79 Å². The maximum absolute atomic E-state index is 11.3. The number of ether oxygens (including phenoxy) is 1. The van der Waals surface area contributed by atoms with E-state index in [0.29, 0.717) is 24.4 Å². The molecule has 96 valence electrons. The van der Waals surface area contributed by atoms with Gasteiger partial charge in [0.05, 0.1) is 18.2 Å². The third-order valence-electron chi connectivity index (χ3n) is 2.40. The number of nitrogens with zero attached hydrogens (tertiary/aromatic N) is 1. The van der Waals surface area contributed by atoms with E-state index in [9.17, 15) is 4.79 Å². The zero-order valence-corrected chi connectivity index (χ0v) is 10.4. The van der Waals surface area contributed by atoms with Crippen LogP contribution < -0.4 is 15.8 Å². The van der Waals surface area contributed by atoms with Gasteiger partial charge in [-0.25, -0.2) is 0 Å². The lowest BCUT2D eigenvalue weighted by Crippen LogP contribution is -2.29. The second-order valence-electron chi connectivity index (χ2n) is 3.77. The Balaban J connectivity index is 2.44. The van der Waals surface area contributed by atoms with Gasteiger partial charge in [0.15, 0.2) is 6.61 Å². The molecule has 0 saturated carbocycles. The zero-order chi connectivity index (χ0) is 13.4. The number of benzene rings is 1. The van der Waals surface area contributed by atoms with Gasteiger partial charge in [0.2, 0.25) is 0 Å². The molecule has 5 nitrogen and oxygen atoms in total. The highest BCUT2D eigenvalue weighted by molar-refractivity contribution is 5.77. The number of nitrogens with one attached hydrogen (secondary N) is 1. The molecule has 1 amide bonds. The second kappa shape index (κ2) is 7.17. The Bertz CT molecular complexity index is 452. The van der Waals surface area contributed by atoms with E-state index in [1.54, 1.807) is 6.07 Å². The molecule has 0 aliphatic carbocycles. The van der Waals surface area contributed by atoms with Crippen molar-refractivity contribution in [1.29, 1.82) is 5.26 Å². The van der Waals surface area contributed by atoms with Gasteiger partial charge in [0.25, 0.3) is 5.91 Å². The van der Waals surface area contributed by atoms with E-state index in [4.69, 9.17) is 15.7 Å². The average Bonchev–Trinajstić information content (AvgIpc) is 2.37. The van der Waals surface area contributed by atoms with Crippen molar-refractivity contribution in [3.05, 3.63) is 23.8 Å². The van der Waals surface area contributed by atoms with Crippen molar-refractivity contribution < 1.29 is 9.53 Å². The number of anilines is 1. The topological polar surface area (TPSA) is 88.1 Å². The summed E-state index contributed by atoms with van der Waals surface area (Å²) in [6.07, 6.45) is 1.19. The third kappa shape index (κ3) is 4.34. The molecule has 5 heteroatoms. The van der Waals surface area contributed by atoms with Crippen molar-refractivity contribution in [1.82, 2.24) is 5.32 Å². The third-order valence-corrected chi connectivity index (χ3v) is 2.40. The van der Waals surface area contributed by atoms with Crippen molar-refractivity contribution in [2.45, 2.75) is 19.8 Å². The zero-order valence-electron chi connectivity index (χ0n) is 10.4. The summed E-state index contributed by atoms with van der Waals surface area (Å²) in [6, 6.07) is 7.46. The number of nitrogens with two attached hydrogens (primary N) is 1. The summed E-state index contributed by atoms with van der Waals surface area (Å²) >= 11 is 0. The minimum atomic E-state index is -0.260. The summed E-state index contributed by atoms with van der Waals surface area (Å²) in [6.45, 7) is 2.28. The van der Waals surface area contributed by atoms with Crippen LogP contribution in [-0.2, 0) is 11.2 Å². The minimum Gasteiger partial charge on any atom is -0.482 e. The van der Waals surface area contributed by atoms with Crippen LogP contribution >= 0.6 is 0 Å². The Morgan fingerprint density at radius 2 is 2.33 bits per heavy atom.